The van der Waals surface area contributed by atoms with Crippen molar-refractivity contribution in [3.05, 3.63) is 42.4 Å². The molecule has 2 N–H and O–H groups in total. The Labute approximate surface area is 122 Å². The highest BCUT2D eigenvalue weighted by molar-refractivity contribution is 5.89. The molecular formula is C15H16N2O4. The summed E-state index contributed by atoms with van der Waals surface area (Å²) < 4.78 is 16.4. The van der Waals surface area contributed by atoms with Crippen molar-refractivity contribution in [2.24, 2.45) is 0 Å². The average molecular weight is 288 g/mol. The molecular weight excluding hydrogens is 272 g/mol. The number of amides is 2. The van der Waals surface area contributed by atoms with E-state index < -0.39 is 5.79 Å². The molecule has 0 radical (unpaired) electrons. The molecule has 0 spiro atoms. The predicted octanol–water partition coefficient (Wildman–Crippen LogP) is 3.11. The molecule has 0 saturated carbocycles. The van der Waals surface area contributed by atoms with Crippen LogP contribution in [0.3, 0.4) is 0 Å². The molecule has 0 fully saturated rings. The number of benzene rings is 1. The summed E-state index contributed by atoms with van der Waals surface area (Å²) in [6, 6.07) is 8.51. The Morgan fingerprint density at radius 1 is 1.19 bits per heavy atom. The number of ether oxygens (including phenoxy) is 2. The lowest BCUT2D eigenvalue weighted by Gasteiger charge is -2.16. The fourth-order valence-corrected chi connectivity index (χ4v) is 2.06. The molecule has 0 saturated heterocycles. The van der Waals surface area contributed by atoms with E-state index in [9.17, 15) is 4.79 Å². The maximum absolute atomic E-state index is 11.8. The van der Waals surface area contributed by atoms with Crippen LogP contribution in [0.2, 0.25) is 0 Å². The minimum Gasteiger partial charge on any atom is -0.467 e. The van der Waals surface area contributed by atoms with Crippen LogP contribution in [-0.2, 0) is 6.54 Å². The Hall–Kier alpha value is -2.63. The lowest BCUT2D eigenvalue weighted by Crippen LogP contribution is -2.29. The molecule has 6 heteroatoms. The van der Waals surface area contributed by atoms with Crippen LogP contribution in [0, 0.1) is 0 Å². The maximum atomic E-state index is 11.8. The first-order chi connectivity index (χ1) is 10.0. The standard InChI is InChI=1S/C15H16N2O4/c1-15(2)20-12-6-5-10(8-13(12)21-15)17-14(18)16-9-11-4-3-7-19-11/h3-8H,9H2,1-2H3,(H2,16,17,18). The molecule has 21 heavy (non-hydrogen) atoms. The normalized spacial score (nSPS) is 14.8. The third-order valence-corrected chi connectivity index (χ3v) is 2.92. The van der Waals surface area contributed by atoms with Crippen molar-refractivity contribution in [1.29, 1.82) is 0 Å². The van der Waals surface area contributed by atoms with E-state index in [2.05, 4.69) is 10.6 Å². The first-order valence-corrected chi connectivity index (χ1v) is 6.61. The number of hydrogen-bond acceptors (Lipinski definition) is 4. The first-order valence-electron chi connectivity index (χ1n) is 6.61. The Balaban J connectivity index is 1.60. The summed E-state index contributed by atoms with van der Waals surface area (Å²) in [7, 11) is 0. The minimum absolute atomic E-state index is 0.315. The van der Waals surface area contributed by atoms with Crippen LogP contribution in [0.5, 0.6) is 11.5 Å². The summed E-state index contributed by atoms with van der Waals surface area (Å²) in [5.41, 5.74) is 0.631. The summed E-state index contributed by atoms with van der Waals surface area (Å²) >= 11 is 0. The molecule has 3 rings (SSSR count). The van der Waals surface area contributed by atoms with Gasteiger partial charge in [-0.3, -0.25) is 0 Å². The molecule has 110 valence electrons. The van der Waals surface area contributed by atoms with Gasteiger partial charge in [-0.2, -0.15) is 0 Å². The van der Waals surface area contributed by atoms with Crippen molar-refractivity contribution in [3.8, 4) is 11.5 Å². The molecule has 2 amide bonds. The van der Waals surface area contributed by atoms with Crippen molar-refractivity contribution >= 4 is 11.7 Å². The van der Waals surface area contributed by atoms with Crippen LogP contribution in [0.25, 0.3) is 0 Å². The largest absolute Gasteiger partial charge is 0.467 e. The van der Waals surface area contributed by atoms with Gasteiger partial charge < -0.3 is 24.5 Å². The third kappa shape index (κ3) is 3.10. The number of carbonyl (C=O) groups excluding carboxylic acids is 1. The first kappa shape index (κ1) is 13.4. The lowest BCUT2D eigenvalue weighted by atomic mass is 10.3. The van der Waals surface area contributed by atoms with Crippen molar-refractivity contribution in [2.75, 3.05) is 5.32 Å². The second kappa shape index (κ2) is 5.05. The molecule has 0 atom stereocenters. The van der Waals surface area contributed by atoms with Gasteiger partial charge in [0.25, 0.3) is 0 Å². The second-order valence-corrected chi connectivity index (χ2v) is 5.15. The molecule has 1 aliphatic heterocycles. The molecule has 1 aromatic carbocycles. The van der Waals surface area contributed by atoms with Gasteiger partial charge in [0.05, 0.1) is 12.8 Å². The van der Waals surface area contributed by atoms with Crippen molar-refractivity contribution in [3.63, 3.8) is 0 Å². The Bertz CT molecular complexity index is 650. The quantitative estimate of drug-likeness (QED) is 0.910. The number of carbonyl (C=O) groups is 1. The van der Waals surface area contributed by atoms with Gasteiger partial charge in [-0.15, -0.1) is 0 Å². The number of nitrogens with one attached hydrogen (secondary N) is 2. The van der Waals surface area contributed by atoms with Crippen LogP contribution in [-0.4, -0.2) is 11.8 Å². The maximum Gasteiger partial charge on any atom is 0.319 e. The van der Waals surface area contributed by atoms with Crippen LogP contribution in [0.1, 0.15) is 19.6 Å². The number of fused-ring (bicyclic) bond motifs is 1. The molecule has 0 bridgehead atoms. The molecule has 2 heterocycles. The third-order valence-electron chi connectivity index (χ3n) is 2.92. The minimum atomic E-state index is -0.678. The van der Waals surface area contributed by atoms with E-state index in [1.165, 1.54) is 0 Å². The van der Waals surface area contributed by atoms with E-state index in [0.29, 0.717) is 29.5 Å². The molecule has 6 nitrogen and oxygen atoms in total. The molecule has 1 aliphatic rings. The summed E-state index contributed by atoms with van der Waals surface area (Å²) in [6.45, 7) is 3.99. The molecule has 0 unspecified atom stereocenters. The highest BCUT2D eigenvalue weighted by Crippen LogP contribution is 2.40. The molecule has 1 aromatic heterocycles. The van der Waals surface area contributed by atoms with Gasteiger partial charge >= 0.3 is 6.03 Å². The van der Waals surface area contributed by atoms with Gasteiger partial charge in [0, 0.05) is 25.6 Å². The van der Waals surface area contributed by atoms with Crippen LogP contribution >= 0.6 is 0 Å². The number of urea groups is 1. The van der Waals surface area contributed by atoms with Crippen LogP contribution in [0.15, 0.2) is 41.0 Å². The van der Waals surface area contributed by atoms with Crippen molar-refractivity contribution < 1.29 is 18.7 Å². The van der Waals surface area contributed by atoms with E-state index in [1.807, 2.05) is 13.8 Å². The number of hydrogen-bond donors (Lipinski definition) is 2. The zero-order valence-corrected chi connectivity index (χ0v) is 11.8. The van der Waals surface area contributed by atoms with Gasteiger partial charge in [0.15, 0.2) is 11.5 Å². The highest BCUT2D eigenvalue weighted by Gasteiger charge is 2.31. The van der Waals surface area contributed by atoms with E-state index in [1.54, 1.807) is 36.6 Å². The topological polar surface area (TPSA) is 72.7 Å². The smallest absolute Gasteiger partial charge is 0.319 e. The van der Waals surface area contributed by atoms with Crippen LogP contribution in [0.4, 0.5) is 10.5 Å². The van der Waals surface area contributed by atoms with Crippen LogP contribution < -0.4 is 20.1 Å². The second-order valence-electron chi connectivity index (χ2n) is 5.15. The summed E-state index contributed by atoms with van der Waals surface area (Å²) in [6.07, 6.45) is 1.56. The van der Waals surface area contributed by atoms with Crippen molar-refractivity contribution in [1.82, 2.24) is 5.32 Å². The summed E-state index contributed by atoms with van der Waals surface area (Å²) in [5, 5.41) is 5.44. The van der Waals surface area contributed by atoms with Gasteiger partial charge in [-0.25, -0.2) is 4.79 Å². The van der Waals surface area contributed by atoms with Crippen molar-refractivity contribution in [2.45, 2.75) is 26.2 Å². The Morgan fingerprint density at radius 2 is 2.00 bits per heavy atom. The van der Waals surface area contributed by atoms with Gasteiger partial charge in [-0.05, 0) is 24.3 Å². The fourth-order valence-electron chi connectivity index (χ4n) is 2.06. The van der Waals surface area contributed by atoms with E-state index in [-0.39, 0.29) is 6.03 Å². The number of anilines is 1. The Morgan fingerprint density at radius 3 is 2.76 bits per heavy atom. The molecule has 2 aromatic rings. The average Bonchev–Trinajstić information content (AvgIpc) is 3.01. The van der Waals surface area contributed by atoms with E-state index >= 15 is 0 Å². The summed E-state index contributed by atoms with van der Waals surface area (Å²) in [5.74, 6) is 1.30. The zero-order valence-electron chi connectivity index (χ0n) is 11.8. The SMILES string of the molecule is CC1(C)Oc2ccc(NC(=O)NCc3ccco3)cc2O1. The summed E-state index contributed by atoms with van der Waals surface area (Å²) in [4.78, 5) is 11.8. The van der Waals surface area contributed by atoms with E-state index in [0.717, 1.165) is 0 Å². The van der Waals surface area contributed by atoms with Gasteiger partial charge in [0.2, 0.25) is 5.79 Å². The fraction of sp³-hybridized carbons (Fsp3) is 0.267. The predicted molar refractivity (Wildman–Crippen MR) is 76.3 cm³/mol. The Kier molecular flexibility index (Phi) is 3.21. The van der Waals surface area contributed by atoms with Gasteiger partial charge in [0.1, 0.15) is 5.76 Å². The monoisotopic (exact) mass is 288 g/mol. The molecule has 0 aliphatic carbocycles. The van der Waals surface area contributed by atoms with Gasteiger partial charge in [-0.1, -0.05) is 0 Å². The lowest BCUT2D eigenvalue weighted by molar-refractivity contribution is -0.0431. The number of furan rings is 1. The van der Waals surface area contributed by atoms with E-state index in [4.69, 9.17) is 13.9 Å². The highest BCUT2D eigenvalue weighted by atomic mass is 16.7. The zero-order chi connectivity index (χ0) is 14.9. The number of rotatable bonds is 3.